The van der Waals surface area contributed by atoms with Gasteiger partial charge < -0.3 is 15.6 Å². The predicted molar refractivity (Wildman–Crippen MR) is 67.4 cm³/mol. The van der Waals surface area contributed by atoms with Crippen molar-refractivity contribution in [3.05, 3.63) is 41.3 Å². The number of ether oxygens (including phenoxy) is 1. The van der Waals surface area contributed by atoms with Gasteiger partial charge in [0.1, 0.15) is 11.8 Å². The predicted octanol–water partition coefficient (Wildman–Crippen LogP) is 2.23. The topological polar surface area (TPSA) is 79.3 Å². The molecule has 1 heterocycles. The van der Waals surface area contributed by atoms with E-state index >= 15 is 0 Å². The van der Waals surface area contributed by atoms with Gasteiger partial charge in [0.05, 0.1) is 12.2 Å². The molecule has 0 fully saturated rings. The van der Waals surface area contributed by atoms with Crippen LogP contribution in [0.3, 0.4) is 0 Å². The van der Waals surface area contributed by atoms with Crippen molar-refractivity contribution in [1.82, 2.24) is 0 Å². The van der Waals surface area contributed by atoms with Crippen LogP contribution in [0, 0.1) is 17.2 Å². The second kappa shape index (κ2) is 5.01. The van der Waals surface area contributed by atoms with Gasteiger partial charge in [0.25, 0.3) is 0 Å². The number of hydrogen-bond donors (Lipinski definition) is 2. The number of allylic oxidation sites excluding steroid dienone is 1. The molecule has 0 radical (unpaired) electrons. The van der Waals surface area contributed by atoms with E-state index in [4.69, 9.17) is 10.5 Å². The fourth-order valence-corrected chi connectivity index (χ4v) is 2.36. The Kier molecular flexibility index (Phi) is 3.42. The lowest BCUT2D eigenvalue weighted by molar-refractivity contribution is 0.126. The number of nitrogens with zero attached hydrogens (tertiary/aromatic N) is 1. The van der Waals surface area contributed by atoms with Crippen LogP contribution in [0.1, 0.15) is 24.8 Å². The zero-order valence-corrected chi connectivity index (χ0v) is 10.3. The molecule has 0 aromatic heterocycles. The summed E-state index contributed by atoms with van der Waals surface area (Å²) in [5.74, 6) is 0.625. The van der Waals surface area contributed by atoms with E-state index in [0.717, 1.165) is 12.0 Å². The first-order valence-electron chi connectivity index (χ1n) is 5.98. The molecule has 2 rings (SSSR count). The highest BCUT2D eigenvalue weighted by Gasteiger charge is 2.32. The summed E-state index contributed by atoms with van der Waals surface area (Å²) in [5.41, 5.74) is 7.22. The normalized spacial score (nSPS) is 23.3. The van der Waals surface area contributed by atoms with Gasteiger partial charge in [-0.1, -0.05) is 19.1 Å². The Balaban J connectivity index is 2.45. The number of nitriles is 1. The van der Waals surface area contributed by atoms with Crippen molar-refractivity contribution in [1.29, 1.82) is 5.26 Å². The Morgan fingerprint density at radius 2 is 2.11 bits per heavy atom. The van der Waals surface area contributed by atoms with Crippen LogP contribution in [-0.4, -0.2) is 11.7 Å². The van der Waals surface area contributed by atoms with Gasteiger partial charge in [-0.25, -0.2) is 0 Å². The van der Waals surface area contributed by atoms with E-state index in [1.165, 1.54) is 0 Å². The van der Waals surface area contributed by atoms with Crippen LogP contribution in [0.15, 0.2) is 35.7 Å². The lowest BCUT2D eigenvalue weighted by Crippen LogP contribution is -2.28. The lowest BCUT2D eigenvalue weighted by Gasteiger charge is -2.31. The summed E-state index contributed by atoms with van der Waals surface area (Å²) in [4.78, 5) is 0. The minimum Gasteiger partial charge on any atom is -0.508 e. The molecule has 0 aliphatic carbocycles. The highest BCUT2D eigenvalue weighted by Crippen LogP contribution is 2.38. The molecule has 3 N–H and O–H groups in total. The summed E-state index contributed by atoms with van der Waals surface area (Å²) < 4.78 is 5.35. The molecule has 1 aliphatic rings. The summed E-state index contributed by atoms with van der Waals surface area (Å²) in [7, 11) is 0. The maximum absolute atomic E-state index is 9.33. The molecule has 1 aromatic carbocycles. The van der Waals surface area contributed by atoms with Gasteiger partial charge in [0.2, 0.25) is 0 Å². The lowest BCUT2D eigenvalue weighted by atomic mass is 9.78. The van der Waals surface area contributed by atoms with Crippen LogP contribution in [0.25, 0.3) is 0 Å². The van der Waals surface area contributed by atoms with Gasteiger partial charge in [-0.05, 0) is 24.1 Å². The summed E-state index contributed by atoms with van der Waals surface area (Å²) in [6.45, 7) is 2.59. The van der Waals surface area contributed by atoms with Gasteiger partial charge in [0.15, 0.2) is 5.88 Å². The molecular formula is C14H16N2O2. The number of phenols is 1. The largest absolute Gasteiger partial charge is 0.508 e. The maximum Gasteiger partial charge on any atom is 0.198 e. The summed E-state index contributed by atoms with van der Waals surface area (Å²) in [6, 6.07) is 9.07. The van der Waals surface area contributed by atoms with Crippen LogP contribution in [0.5, 0.6) is 5.75 Å². The van der Waals surface area contributed by atoms with Gasteiger partial charge >= 0.3 is 0 Å². The van der Waals surface area contributed by atoms with Crippen molar-refractivity contribution in [3.8, 4) is 11.8 Å². The number of rotatable bonds is 2. The second-order valence-corrected chi connectivity index (χ2v) is 4.44. The van der Waals surface area contributed by atoms with Crippen molar-refractivity contribution >= 4 is 0 Å². The molecule has 4 heteroatoms. The van der Waals surface area contributed by atoms with Crippen LogP contribution >= 0.6 is 0 Å². The van der Waals surface area contributed by atoms with Crippen LogP contribution in [-0.2, 0) is 4.74 Å². The minimum atomic E-state index is -0.0469. The molecule has 1 aromatic rings. The first kappa shape index (κ1) is 12.3. The average molecular weight is 244 g/mol. The number of phenolic OH excluding ortho intramolecular Hbond substituents is 1. The van der Waals surface area contributed by atoms with E-state index < -0.39 is 0 Å². The molecule has 18 heavy (non-hydrogen) atoms. The highest BCUT2D eigenvalue weighted by atomic mass is 16.5. The molecule has 94 valence electrons. The Labute approximate surface area is 106 Å². The quantitative estimate of drug-likeness (QED) is 0.836. The van der Waals surface area contributed by atoms with E-state index in [1.54, 1.807) is 12.1 Å². The zero-order chi connectivity index (χ0) is 13.1. The molecule has 0 bridgehead atoms. The van der Waals surface area contributed by atoms with Crippen molar-refractivity contribution in [3.63, 3.8) is 0 Å². The van der Waals surface area contributed by atoms with Gasteiger partial charge in [0, 0.05) is 11.8 Å². The third-order valence-corrected chi connectivity index (χ3v) is 3.40. The Morgan fingerprint density at radius 1 is 1.44 bits per heavy atom. The molecule has 0 spiro atoms. The van der Waals surface area contributed by atoms with Gasteiger partial charge in [-0.15, -0.1) is 0 Å². The molecule has 2 atom stereocenters. The van der Waals surface area contributed by atoms with E-state index in [1.807, 2.05) is 12.1 Å². The van der Waals surface area contributed by atoms with Crippen LogP contribution in [0.4, 0.5) is 0 Å². The van der Waals surface area contributed by atoms with E-state index in [9.17, 15) is 10.4 Å². The van der Waals surface area contributed by atoms with Gasteiger partial charge in [-0.3, -0.25) is 0 Å². The summed E-state index contributed by atoms with van der Waals surface area (Å²) >= 11 is 0. The zero-order valence-electron chi connectivity index (χ0n) is 10.3. The molecule has 1 aliphatic heterocycles. The number of benzene rings is 1. The first-order valence-corrected chi connectivity index (χ1v) is 5.98. The molecule has 0 saturated carbocycles. The fraction of sp³-hybridized carbons (Fsp3) is 0.357. The monoisotopic (exact) mass is 244 g/mol. The number of aromatic hydroxyl groups is 1. The van der Waals surface area contributed by atoms with E-state index in [2.05, 4.69) is 13.0 Å². The standard InChI is InChI=1S/C14H16N2O2/c1-2-9-8-18-14(16)12(7-15)13(9)10-3-5-11(17)6-4-10/h3-6,9,13,17H,2,8,16H2,1H3. The third-order valence-electron chi connectivity index (χ3n) is 3.40. The molecule has 0 saturated heterocycles. The van der Waals surface area contributed by atoms with E-state index in [0.29, 0.717) is 12.2 Å². The van der Waals surface area contributed by atoms with Gasteiger partial charge in [-0.2, -0.15) is 5.26 Å². The fourth-order valence-electron chi connectivity index (χ4n) is 2.36. The third kappa shape index (κ3) is 2.12. The second-order valence-electron chi connectivity index (χ2n) is 4.44. The summed E-state index contributed by atoms with van der Waals surface area (Å²) in [6.07, 6.45) is 0.907. The van der Waals surface area contributed by atoms with E-state index in [-0.39, 0.29) is 23.5 Å². The van der Waals surface area contributed by atoms with Crippen LogP contribution in [0.2, 0.25) is 0 Å². The first-order chi connectivity index (χ1) is 8.67. The highest BCUT2D eigenvalue weighted by molar-refractivity contribution is 5.41. The van der Waals surface area contributed by atoms with Crippen molar-refractivity contribution < 1.29 is 9.84 Å². The summed E-state index contributed by atoms with van der Waals surface area (Å²) in [5, 5.41) is 18.6. The van der Waals surface area contributed by atoms with Crippen molar-refractivity contribution in [2.24, 2.45) is 11.7 Å². The molecule has 4 nitrogen and oxygen atoms in total. The number of hydrogen-bond acceptors (Lipinski definition) is 4. The van der Waals surface area contributed by atoms with Crippen molar-refractivity contribution in [2.45, 2.75) is 19.3 Å². The van der Waals surface area contributed by atoms with Crippen molar-refractivity contribution in [2.75, 3.05) is 6.61 Å². The minimum absolute atomic E-state index is 0.0469. The molecular weight excluding hydrogens is 228 g/mol. The Bertz CT molecular complexity index is 500. The Morgan fingerprint density at radius 3 is 2.67 bits per heavy atom. The Hall–Kier alpha value is -2.15. The SMILES string of the molecule is CCC1COC(N)=C(C#N)C1c1ccc(O)cc1. The number of nitrogens with two attached hydrogens (primary N) is 1. The average Bonchev–Trinajstić information content (AvgIpc) is 2.39. The molecule has 2 unspecified atom stereocenters. The van der Waals surface area contributed by atoms with Crippen LogP contribution < -0.4 is 5.73 Å². The smallest absolute Gasteiger partial charge is 0.198 e. The molecule has 0 amide bonds. The maximum atomic E-state index is 9.33.